The maximum Gasteiger partial charge on any atom is 0.266 e. The summed E-state index contributed by atoms with van der Waals surface area (Å²) in [5.41, 5.74) is 0.493. The minimum Gasteiger partial charge on any atom is -0.545 e. The molecule has 23 heavy (non-hydrogen) atoms. The Hall–Kier alpha value is -3.15. The molecule has 6 nitrogen and oxygen atoms in total. The van der Waals surface area contributed by atoms with E-state index in [4.69, 9.17) is 4.74 Å². The van der Waals surface area contributed by atoms with Gasteiger partial charge in [-0.15, -0.1) is 0 Å². The summed E-state index contributed by atoms with van der Waals surface area (Å²) in [5.74, 6) is -1.81. The van der Waals surface area contributed by atoms with Crippen LogP contribution in [0, 0.1) is 0 Å². The van der Waals surface area contributed by atoms with Crippen LogP contribution in [0.4, 0.5) is 5.69 Å². The van der Waals surface area contributed by atoms with Crippen molar-refractivity contribution in [2.24, 2.45) is 0 Å². The minimum atomic E-state index is -1.40. The molecule has 1 aliphatic rings. The first-order valence-corrected chi connectivity index (χ1v) is 7.00. The molecule has 3 rings (SSSR count). The van der Waals surface area contributed by atoms with Crippen LogP contribution in [0.5, 0.6) is 5.75 Å². The molecule has 0 saturated heterocycles. The number of carbonyl (C=O) groups excluding carboxylic acids is 3. The van der Waals surface area contributed by atoms with Crippen molar-refractivity contribution in [3.8, 4) is 5.75 Å². The fourth-order valence-corrected chi connectivity index (χ4v) is 2.46. The quantitative estimate of drug-likeness (QED) is 0.793. The first-order chi connectivity index (χ1) is 11.0. The standard InChI is InChI=1S/C17H13NO5/c1-2-23-12-6-4-11(5-7-12)18-15(19)13-8-3-10(17(21)22)9-14(13)16(18)20/h3-9H,2H2,1H3,(H,21,22)/p-1. The van der Waals surface area contributed by atoms with Crippen molar-refractivity contribution in [2.75, 3.05) is 11.5 Å². The summed E-state index contributed by atoms with van der Waals surface area (Å²) in [4.78, 5) is 36.8. The molecule has 0 aliphatic carbocycles. The predicted octanol–water partition coefficient (Wildman–Crippen LogP) is 1.25. The van der Waals surface area contributed by atoms with Gasteiger partial charge < -0.3 is 14.6 Å². The van der Waals surface area contributed by atoms with Crippen LogP contribution < -0.4 is 14.7 Å². The average molecular weight is 310 g/mol. The Morgan fingerprint density at radius 2 is 1.70 bits per heavy atom. The molecule has 2 aromatic rings. The molecule has 116 valence electrons. The average Bonchev–Trinajstić information content (AvgIpc) is 2.80. The molecule has 2 amide bonds. The molecular formula is C17H12NO5-. The summed E-state index contributed by atoms with van der Waals surface area (Å²) in [6.45, 7) is 2.37. The van der Waals surface area contributed by atoms with E-state index in [1.165, 1.54) is 18.2 Å². The van der Waals surface area contributed by atoms with E-state index in [-0.39, 0.29) is 16.7 Å². The third-order valence-electron chi connectivity index (χ3n) is 3.53. The van der Waals surface area contributed by atoms with Crippen molar-refractivity contribution in [3.63, 3.8) is 0 Å². The monoisotopic (exact) mass is 310 g/mol. The number of carboxylic acid groups (broad SMARTS) is 1. The molecule has 0 bridgehead atoms. The van der Waals surface area contributed by atoms with Crippen LogP contribution in [0.25, 0.3) is 0 Å². The van der Waals surface area contributed by atoms with Crippen molar-refractivity contribution >= 4 is 23.5 Å². The van der Waals surface area contributed by atoms with E-state index in [2.05, 4.69) is 0 Å². The molecule has 0 fully saturated rings. The van der Waals surface area contributed by atoms with E-state index < -0.39 is 17.8 Å². The Morgan fingerprint density at radius 3 is 2.30 bits per heavy atom. The number of fused-ring (bicyclic) bond motifs is 1. The minimum absolute atomic E-state index is 0.0607. The Bertz CT molecular complexity index is 810. The molecule has 0 spiro atoms. The third-order valence-corrected chi connectivity index (χ3v) is 3.53. The zero-order valence-electron chi connectivity index (χ0n) is 12.2. The molecule has 1 heterocycles. The highest BCUT2D eigenvalue weighted by atomic mass is 16.5. The number of rotatable bonds is 4. The van der Waals surface area contributed by atoms with E-state index in [9.17, 15) is 19.5 Å². The summed E-state index contributed by atoms with van der Waals surface area (Å²) in [6.07, 6.45) is 0. The second-order valence-electron chi connectivity index (χ2n) is 4.92. The van der Waals surface area contributed by atoms with E-state index in [0.29, 0.717) is 18.0 Å². The lowest BCUT2D eigenvalue weighted by atomic mass is 10.1. The van der Waals surface area contributed by atoms with Gasteiger partial charge in [0.05, 0.1) is 29.4 Å². The van der Waals surface area contributed by atoms with Crippen molar-refractivity contribution < 1.29 is 24.2 Å². The zero-order chi connectivity index (χ0) is 16.6. The highest BCUT2D eigenvalue weighted by molar-refractivity contribution is 6.34. The van der Waals surface area contributed by atoms with Crippen molar-refractivity contribution in [2.45, 2.75) is 6.92 Å². The number of amides is 2. The Kier molecular flexibility index (Phi) is 3.57. The van der Waals surface area contributed by atoms with Crippen LogP contribution in [0.15, 0.2) is 42.5 Å². The van der Waals surface area contributed by atoms with E-state index >= 15 is 0 Å². The summed E-state index contributed by atoms with van der Waals surface area (Å²) >= 11 is 0. The first-order valence-electron chi connectivity index (χ1n) is 7.00. The lowest BCUT2D eigenvalue weighted by Gasteiger charge is -2.14. The maximum absolute atomic E-state index is 12.5. The number of imide groups is 1. The number of hydrogen-bond acceptors (Lipinski definition) is 5. The fraction of sp³-hybridized carbons (Fsp3) is 0.118. The number of benzene rings is 2. The van der Waals surface area contributed by atoms with Crippen LogP contribution in [0.2, 0.25) is 0 Å². The summed E-state index contributed by atoms with van der Waals surface area (Å²) in [7, 11) is 0. The van der Waals surface area contributed by atoms with Crippen molar-refractivity contribution in [3.05, 3.63) is 59.2 Å². The number of carboxylic acids is 1. The van der Waals surface area contributed by atoms with E-state index in [1.807, 2.05) is 6.92 Å². The fourth-order valence-electron chi connectivity index (χ4n) is 2.46. The number of ether oxygens (including phenoxy) is 1. The van der Waals surface area contributed by atoms with Gasteiger partial charge in [0.25, 0.3) is 11.8 Å². The Morgan fingerprint density at radius 1 is 1.04 bits per heavy atom. The largest absolute Gasteiger partial charge is 0.545 e. The van der Waals surface area contributed by atoms with Gasteiger partial charge >= 0.3 is 0 Å². The summed E-state index contributed by atoms with van der Waals surface area (Å²) in [5, 5.41) is 10.9. The summed E-state index contributed by atoms with van der Waals surface area (Å²) in [6, 6.07) is 10.3. The number of anilines is 1. The van der Waals surface area contributed by atoms with Crippen LogP contribution in [-0.4, -0.2) is 24.4 Å². The van der Waals surface area contributed by atoms with E-state index in [0.717, 1.165) is 4.90 Å². The van der Waals surface area contributed by atoms with Gasteiger partial charge in [0.15, 0.2) is 0 Å². The SMILES string of the molecule is CCOc1ccc(N2C(=O)c3ccc(C(=O)[O-])cc3C2=O)cc1. The van der Waals surface area contributed by atoms with Crippen molar-refractivity contribution in [1.29, 1.82) is 0 Å². The molecule has 0 N–H and O–H groups in total. The number of aromatic carboxylic acids is 1. The maximum atomic E-state index is 12.5. The normalized spacial score (nSPS) is 13.2. The second kappa shape index (κ2) is 5.57. The molecular weight excluding hydrogens is 298 g/mol. The molecule has 0 saturated carbocycles. The van der Waals surface area contributed by atoms with Gasteiger partial charge in [0.2, 0.25) is 0 Å². The number of carbonyl (C=O) groups is 3. The predicted molar refractivity (Wildman–Crippen MR) is 79.5 cm³/mol. The topological polar surface area (TPSA) is 86.7 Å². The molecule has 1 aliphatic heterocycles. The van der Waals surface area contributed by atoms with Gasteiger partial charge in [-0.25, -0.2) is 4.90 Å². The number of nitrogens with zero attached hydrogens (tertiary/aromatic N) is 1. The van der Waals surface area contributed by atoms with Gasteiger partial charge in [0.1, 0.15) is 5.75 Å². The molecule has 0 radical (unpaired) electrons. The molecule has 0 atom stereocenters. The molecule has 0 unspecified atom stereocenters. The highest BCUT2D eigenvalue weighted by Gasteiger charge is 2.36. The summed E-state index contributed by atoms with van der Waals surface area (Å²) < 4.78 is 5.32. The Balaban J connectivity index is 1.98. The van der Waals surface area contributed by atoms with E-state index in [1.54, 1.807) is 24.3 Å². The van der Waals surface area contributed by atoms with Gasteiger partial charge in [-0.05, 0) is 48.9 Å². The van der Waals surface area contributed by atoms with Crippen LogP contribution in [0.1, 0.15) is 38.0 Å². The van der Waals surface area contributed by atoms with Crippen LogP contribution in [-0.2, 0) is 0 Å². The molecule has 6 heteroatoms. The lowest BCUT2D eigenvalue weighted by Crippen LogP contribution is -2.29. The zero-order valence-corrected chi connectivity index (χ0v) is 12.2. The van der Waals surface area contributed by atoms with Crippen LogP contribution in [0.3, 0.4) is 0 Å². The van der Waals surface area contributed by atoms with Crippen LogP contribution >= 0.6 is 0 Å². The highest BCUT2D eigenvalue weighted by Crippen LogP contribution is 2.30. The smallest absolute Gasteiger partial charge is 0.266 e. The second-order valence-corrected chi connectivity index (χ2v) is 4.92. The van der Waals surface area contributed by atoms with Gasteiger partial charge in [-0.3, -0.25) is 9.59 Å². The molecule has 0 aromatic heterocycles. The lowest BCUT2D eigenvalue weighted by molar-refractivity contribution is -0.255. The van der Waals surface area contributed by atoms with Gasteiger partial charge in [-0.2, -0.15) is 0 Å². The van der Waals surface area contributed by atoms with Gasteiger partial charge in [-0.1, -0.05) is 6.07 Å². The number of hydrogen-bond donors (Lipinski definition) is 0. The van der Waals surface area contributed by atoms with Crippen molar-refractivity contribution in [1.82, 2.24) is 0 Å². The van der Waals surface area contributed by atoms with Gasteiger partial charge in [0, 0.05) is 0 Å². The first kappa shape index (κ1) is 14.8. The third kappa shape index (κ3) is 2.44. The molecule has 2 aromatic carbocycles. The Labute approximate surface area is 131 Å².